The first-order valence-electron chi connectivity index (χ1n) is 7.58. The van der Waals surface area contributed by atoms with Crippen molar-refractivity contribution >= 4 is 10.2 Å². The molecule has 0 aromatic heterocycles. The van der Waals surface area contributed by atoms with E-state index in [0.717, 1.165) is 32.4 Å². The van der Waals surface area contributed by atoms with Gasteiger partial charge in [-0.05, 0) is 33.2 Å². The molecule has 0 saturated carbocycles. The summed E-state index contributed by atoms with van der Waals surface area (Å²) < 4.78 is 34.5. The van der Waals surface area contributed by atoms with Gasteiger partial charge < -0.3 is 10.1 Å². The lowest BCUT2D eigenvalue weighted by atomic mass is 10.1. The van der Waals surface area contributed by atoms with Crippen LogP contribution in [-0.2, 0) is 14.9 Å². The van der Waals surface area contributed by atoms with Gasteiger partial charge in [-0.15, -0.1) is 0 Å². The third kappa shape index (κ3) is 5.65. The molecule has 0 bridgehead atoms. The smallest absolute Gasteiger partial charge is 0.280 e. The Balaban J connectivity index is 2.62. The number of hydrogen-bond acceptors (Lipinski definition) is 4. The first kappa shape index (κ1) is 17.8. The van der Waals surface area contributed by atoms with Crippen LogP contribution in [0.3, 0.4) is 0 Å². The molecule has 1 aliphatic heterocycles. The van der Waals surface area contributed by atoms with Crippen LogP contribution in [0, 0.1) is 0 Å². The summed E-state index contributed by atoms with van der Waals surface area (Å²) in [6.45, 7) is 8.95. The standard InChI is InChI=1S/C13H29N3O3S/c1-4-14-10-13-8-6-7-9-16(13)20(17,18)15-12(3)11-19-5-2/h12-15H,4-11H2,1-3H3. The first-order valence-corrected chi connectivity index (χ1v) is 9.02. The second kappa shape index (κ2) is 8.94. The summed E-state index contributed by atoms with van der Waals surface area (Å²) in [5.74, 6) is 0. The van der Waals surface area contributed by atoms with Gasteiger partial charge >= 0.3 is 0 Å². The molecular formula is C13H29N3O3S. The van der Waals surface area contributed by atoms with Crippen LogP contribution in [0.4, 0.5) is 0 Å². The van der Waals surface area contributed by atoms with Gasteiger partial charge in [0, 0.05) is 31.8 Å². The van der Waals surface area contributed by atoms with E-state index in [2.05, 4.69) is 10.0 Å². The Labute approximate surface area is 123 Å². The molecule has 2 N–H and O–H groups in total. The fourth-order valence-corrected chi connectivity index (χ4v) is 4.11. The van der Waals surface area contributed by atoms with Crippen molar-refractivity contribution in [1.29, 1.82) is 0 Å². The highest BCUT2D eigenvalue weighted by molar-refractivity contribution is 7.87. The molecule has 2 unspecified atom stereocenters. The van der Waals surface area contributed by atoms with Gasteiger partial charge in [-0.1, -0.05) is 13.3 Å². The fourth-order valence-electron chi connectivity index (χ4n) is 2.46. The first-order chi connectivity index (χ1) is 9.51. The number of ether oxygens (including phenoxy) is 1. The molecule has 2 atom stereocenters. The zero-order chi connectivity index (χ0) is 15.0. The molecule has 6 nitrogen and oxygen atoms in total. The Hall–Kier alpha value is -0.210. The zero-order valence-corrected chi connectivity index (χ0v) is 13.7. The zero-order valence-electron chi connectivity index (χ0n) is 12.9. The van der Waals surface area contributed by atoms with E-state index in [1.165, 1.54) is 0 Å². The molecule has 0 aromatic rings. The van der Waals surface area contributed by atoms with Gasteiger partial charge in [-0.2, -0.15) is 17.4 Å². The van der Waals surface area contributed by atoms with Crippen molar-refractivity contribution in [3.05, 3.63) is 0 Å². The quantitative estimate of drug-likeness (QED) is 0.658. The average Bonchev–Trinajstić information content (AvgIpc) is 2.42. The van der Waals surface area contributed by atoms with E-state index in [0.29, 0.717) is 19.8 Å². The van der Waals surface area contributed by atoms with E-state index in [1.807, 2.05) is 20.8 Å². The number of likely N-dealkylation sites (N-methyl/N-ethyl adjacent to an activating group) is 1. The van der Waals surface area contributed by atoms with Gasteiger partial charge in [-0.25, -0.2) is 0 Å². The number of nitrogens with one attached hydrogen (secondary N) is 2. The van der Waals surface area contributed by atoms with Crippen LogP contribution in [0.15, 0.2) is 0 Å². The highest BCUT2D eigenvalue weighted by Gasteiger charge is 2.32. The molecule has 1 rings (SSSR count). The number of rotatable bonds is 9. The summed E-state index contributed by atoms with van der Waals surface area (Å²) in [4.78, 5) is 0. The predicted molar refractivity (Wildman–Crippen MR) is 80.9 cm³/mol. The Bertz CT molecular complexity index is 362. The van der Waals surface area contributed by atoms with E-state index < -0.39 is 10.2 Å². The SMILES string of the molecule is CCNCC1CCCCN1S(=O)(=O)NC(C)COCC. The summed E-state index contributed by atoms with van der Waals surface area (Å²) in [6, 6.07) is -0.151. The van der Waals surface area contributed by atoms with Gasteiger partial charge in [0.1, 0.15) is 0 Å². The van der Waals surface area contributed by atoms with Gasteiger partial charge in [0.15, 0.2) is 0 Å². The highest BCUT2D eigenvalue weighted by Crippen LogP contribution is 2.19. The van der Waals surface area contributed by atoms with Gasteiger partial charge in [0.25, 0.3) is 10.2 Å². The topological polar surface area (TPSA) is 70.7 Å². The molecule has 0 radical (unpaired) electrons. The molecule has 1 aliphatic rings. The minimum absolute atomic E-state index is 0.0560. The van der Waals surface area contributed by atoms with Crippen LogP contribution in [0.1, 0.15) is 40.0 Å². The third-order valence-electron chi connectivity index (χ3n) is 3.43. The molecule has 0 spiro atoms. The molecule has 7 heteroatoms. The average molecular weight is 307 g/mol. The summed E-state index contributed by atoms with van der Waals surface area (Å²) >= 11 is 0. The van der Waals surface area contributed by atoms with E-state index in [1.54, 1.807) is 4.31 Å². The molecule has 0 aliphatic carbocycles. The Morgan fingerprint density at radius 3 is 2.75 bits per heavy atom. The van der Waals surface area contributed by atoms with Gasteiger partial charge in [0.05, 0.1) is 6.61 Å². The van der Waals surface area contributed by atoms with Crippen molar-refractivity contribution in [3.63, 3.8) is 0 Å². The Morgan fingerprint density at radius 1 is 1.35 bits per heavy atom. The van der Waals surface area contributed by atoms with Crippen LogP contribution in [0.25, 0.3) is 0 Å². The molecule has 20 heavy (non-hydrogen) atoms. The summed E-state index contributed by atoms with van der Waals surface area (Å²) in [5.41, 5.74) is 0. The van der Waals surface area contributed by atoms with E-state index in [4.69, 9.17) is 4.74 Å². The Morgan fingerprint density at radius 2 is 2.10 bits per heavy atom. The van der Waals surface area contributed by atoms with Crippen LogP contribution >= 0.6 is 0 Å². The van der Waals surface area contributed by atoms with Crippen LogP contribution in [-0.4, -0.2) is 57.7 Å². The van der Waals surface area contributed by atoms with E-state index >= 15 is 0 Å². The lowest BCUT2D eigenvalue weighted by Crippen LogP contribution is -2.54. The maximum Gasteiger partial charge on any atom is 0.280 e. The molecular weight excluding hydrogens is 278 g/mol. The van der Waals surface area contributed by atoms with Crippen molar-refractivity contribution in [3.8, 4) is 0 Å². The lowest BCUT2D eigenvalue weighted by Gasteiger charge is -2.35. The number of hydrogen-bond donors (Lipinski definition) is 2. The maximum atomic E-state index is 12.5. The van der Waals surface area contributed by atoms with Gasteiger partial charge in [-0.3, -0.25) is 0 Å². The summed E-state index contributed by atoms with van der Waals surface area (Å²) in [7, 11) is -3.43. The molecule has 1 saturated heterocycles. The molecule has 0 aromatic carbocycles. The minimum atomic E-state index is -3.43. The summed E-state index contributed by atoms with van der Waals surface area (Å²) in [5, 5.41) is 3.25. The molecule has 120 valence electrons. The maximum absolute atomic E-state index is 12.5. The van der Waals surface area contributed by atoms with E-state index in [9.17, 15) is 8.42 Å². The fraction of sp³-hybridized carbons (Fsp3) is 1.00. The largest absolute Gasteiger partial charge is 0.380 e. The van der Waals surface area contributed by atoms with Crippen molar-refractivity contribution in [1.82, 2.24) is 14.3 Å². The summed E-state index contributed by atoms with van der Waals surface area (Å²) in [6.07, 6.45) is 2.95. The van der Waals surface area contributed by atoms with Crippen molar-refractivity contribution in [2.24, 2.45) is 0 Å². The second-order valence-corrected chi connectivity index (χ2v) is 6.91. The van der Waals surface area contributed by atoms with Crippen molar-refractivity contribution < 1.29 is 13.2 Å². The normalized spacial score (nSPS) is 22.9. The second-order valence-electron chi connectivity index (χ2n) is 5.25. The highest BCUT2D eigenvalue weighted by atomic mass is 32.2. The minimum Gasteiger partial charge on any atom is -0.380 e. The van der Waals surface area contributed by atoms with Crippen LogP contribution in [0.5, 0.6) is 0 Å². The third-order valence-corrected chi connectivity index (χ3v) is 5.23. The lowest BCUT2D eigenvalue weighted by molar-refractivity contribution is 0.132. The van der Waals surface area contributed by atoms with Crippen molar-refractivity contribution in [2.75, 3.05) is 32.8 Å². The van der Waals surface area contributed by atoms with Crippen LogP contribution < -0.4 is 10.0 Å². The molecule has 1 fully saturated rings. The van der Waals surface area contributed by atoms with Gasteiger partial charge in [0.2, 0.25) is 0 Å². The Kier molecular flexibility index (Phi) is 7.98. The number of piperidine rings is 1. The van der Waals surface area contributed by atoms with Crippen molar-refractivity contribution in [2.45, 2.75) is 52.1 Å². The molecule has 1 heterocycles. The predicted octanol–water partition coefficient (Wildman–Crippen LogP) is 0.710. The number of nitrogens with zero attached hydrogens (tertiary/aromatic N) is 1. The van der Waals surface area contributed by atoms with E-state index in [-0.39, 0.29) is 12.1 Å². The monoisotopic (exact) mass is 307 g/mol. The molecule has 0 amide bonds. The van der Waals surface area contributed by atoms with Crippen LogP contribution in [0.2, 0.25) is 0 Å².